The summed E-state index contributed by atoms with van der Waals surface area (Å²) in [4.78, 5) is 30.2. The second-order valence-electron chi connectivity index (χ2n) is 8.60. The van der Waals surface area contributed by atoms with E-state index in [2.05, 4.69) is 4.90 Å². The highest BCUT2D eigenvalue weighted by molar-refractivity contribution is 6.47. The minimum Gasteiger partial charge on any atom is -0.507 e. The fraction of sp³-hybridized carbons (Fsp3) is 0.407. The van der Waals surface area contributed by atoms with Gasteiger partial charge in [-0.05, 0) is 62.8 Å². The Hall–Kier alpha value is -3.03. The maximum Gasteiger partial charge on any atom is 0.295 e. The van der Waals surface area contributed by atoms with Gasteiger partial charge in [-0.25, -0.2) is 0 Å². The van der Waals surface area contributed by atoms with Crippen LogP contribution in [0.5, 0.6) is 11.5 Å². The lowest BCUT2D eigenvalue weighted by Gasteiger charge is -2.28. The van der Waals surface area contributed by atoms with Gasteiger partial charge in [0.1, 0.15) is 17.3 Å². The van der Waals surface area contributed by atoms with Gasteiger partial charge in [-0.1, -0.05) is 37.6 Å². The largest absolute Gasteiger partial charge is 0.507 e. The number of hydrogen-bond donors (Lipinski definition) is 1. The number of nitrogens with zero attached hydrogens (tertiary/aromatic N) is 2. The number of carbonyl (C=O) groups is 2. The lowest BCUT2D eigenvalue weighted by atomic mass is 9.95. The molecule has 2 aromatic carbocycles. The summed E-state index contributed by atoms with van der Waals surface area (Å²) in [5.74, 6) is -0.654. The van der Waals surface area contributed by atoms with Gasteiger partial charge in [-0.2, -0.15) is 0 Å². The Morgan fingerprint density at radius 2 is 1.83 bits per heavy atom. The van der Waals surface area contributed by atoms with Crippen molar-refractivity contribution in [1.82, 2.24) is 9.80 Å². The average Bonchev–Trinajstić information content (AvgIpc) is 3.09. The van der Waals surface area contributed by atoms with Crippen LogP contribution in [-0.4, -0.2) is 66.0 Å². The van der Waals surface area contributed by atoms with Crippen LogP contribution >= 0.6 is 11.6 Å². The third-order valence-electron chi connectivity index (χ3n) is 6.07. The van der Waals surface area contributed by atoms with Gasteiger partial charge in [0.2, 0.25) is 0 Å². The zero-order valence-electron chi connectivity index (χ0n) is 20.9. The molecular weight excluding hydrogens is 468 g/mol. The molecule has 1 fully saturated rings. The van der Waals surface area contributed by atoms with Gasteiger partial charge in [0.25, 0.3) is 11.7 Å². The molecule has 1 aliphatic rings. The molecule has 3 rings (SSSR count). The molecule has 1 unspecified atom stereocenters. The van der Waals surface area contributed by atoms with Gasteiger partial charge in [-0.15, -0.1) is 0 Å². The van der Waals surface area contributed by atoms with Crippen molar-refractivity contribution in [2.75, 3.05) is 33.3 Å². The first kappa shape index (κ1) is 26.6. The van der Waals surface area contributed by atoms with Crippen molar-refractivity contribution in [3.63, 3.8) is 0 Å². The summed E-state index contributed by atoms with van der Waals surface area (Å²) in [6, 6.07) is 11.3. The number of carbonyl (C=O) groups excluding carboxylic acids is 2. The predicted molar refractivity (Wildman–Crippen MR) is 137 cm³/mol. The normalized spacial score (nSPS) is 17.5. The van der Waals surface area contributed by atoms with Crippen molar-refractivity contribution in [3.05, 3.63) is 64.2 Å². The molecule has 1 N–H and O–H groups in total. The smallest absolute Gasteiger partial charge is 0.295 e. The molecule has 0 aliphatic carbocycles. The van der Waals surface area contributed by atoms with Crippen molar-refractivity contribution in [1.29, 1.82) is 0 Å². The lowest BCUT2D eigenvalue weighted by molar-refractivity contribution is -0.140. The molecule has 35 heavy (non-hydrogen) atoms. The Balaban J connectivity index is 2.16. The number of halogens is 1. The van der Waals surface area contributed by atoms with E-state index >= 15 is 0 Å². The molecule has 0 aromatic heterocycles. The van der Waals surface area contributed by atoms with Gasteiger partial charge < -0.3 is 24.4 Å². The molecule has 7 nitrogen and oxygen atoms in total. The molecular formula is C27H33ClN2O5. The molecule has 1 aliphatic heterocycles. The lowest BCUT2D eigenvalue weighted by Crippen LogP contribution is -2.38. The number of ketones is 1. The molecule has 1 saturated heterocycles. The number of methoxy groups -OCH3 is 1. The number of benzene rings is 2. The zero-order valence-corrected chi connectivity index (χ0v) is 21.6. The molecule has 1 amide bonds. The number of hydrogen-bond acceptors (Lipinski definition) is 6. The zero-order chi connectivity index (χ0) is 25.7. The summed E-state index contributed by atoms with van der Waals surface area (Å²) in [6.45, 7) is 10.5. The molecule has 0 bridgehead atoms. The van der Waals surface area contributed by atoms with Crippen LogP contribution in [0.3, 0.4) is 0 Å². The van der Waals surface area contributed by atoms with E-state index in [0.717, 1.165) is 13.1 Å². The summed E-state index contributed by atoms with van der Waals surface area (Å²) in [5.41, 5.74) is 0.890. The first-order chi connectivity index (χ1) is 16.7. The Morgan fingerprint density at radius 1 is 1.11 bits per heavy atom. The molecule has 8 heteroatoms. The van der Waals surface area contributed by atoms with Crippen molar-refractivity contribution in [2.24, 2.45) is 0 Å². The summed E-state index contributed by atoms with van der Waals surface area (Å²) in [5, 5.41) is 11.6. The highest BCUT2D eigenvalue weighted by Gasteiger charge is 2.46. The van der Waals surface area contributed by atoms with Gasteiger partial charge in [-0.3, -0.25) is 9.59 Å². The van der Waals surface area contributed by atoms with E-state index in [0.29, 0.717) is 30.2 Å². The van der Waals surface area contributed by atoms with Crippen LogP contribution in [0.4, 0.5) is 0 Å². The van der Waals surface area contributed by atoms with Crippen LogP contribution in [0.15, 0.2) is 48.0 Å². The molecule has 2 aromatic rings. The molecule has 0 saturated carbocycles. The highest BCUT2D eigenvalue weighted by atomic mass is 35.5. The molecule has 1 atom stereocenters. The number of likely N-dealkylation sites (N-methyl/N-ethyl adjacent to an activating group) is 1. The third kappa shape index (κ3) is 5.80. The minimum atomic E-state index is -0.788. The maximum atomic E-state index is 13.3. The number of aliphatic hydroxyl groups is 1. The Kier molecular flexibility index (Phi) is 8.81. The van der Waals surface area contributed by atoms with E-state index in [4.69, 9.17) is 21.1 Å². The molecule has 188 valence electrons. The molecule has 0 spiro atoms. The maximum absolute atomic E-state index is 13.3. The van der Waals surface area contributed by atoms with Crippen LogP contribution in [-0.2, 0) is 9.59 Å². The van der Waals surface area contributed by atoms with E-state index < -0.39 is 17.7 Å². The summed E-state index contributed by atoms with van der Waals surface area (Å²) >= 11 is 6.38. The van der Waals surface area contributed by atoms with Gasteiger partial charge in [0, 0.05) is 18.7 Å². The number of Topliss-reactive ketones (excluding diaryl/α,β-unsaturated/α-hetero) is 1. The topological polar surface area (TPSA) is 79.3 Å². The second-order valence-corrected chi connectivity index (χ2v) is 9.01. The van der Waals surface area contributed by atoms with Crippen molar-refractivity contribution >= 4 is 29.1 Å². The fourth-order valence-electron chi connectivity index (χ4n) is 4.23. The Labute approximate surface area is 211 Å². The third-order valence-corrected chi connectivity index (χ3v) is 6.40. The van der Waals surface area contributed by atoms with E-state index in [-0.39, 0.29) is 28.0 Å². The summed E-state index contributed by atoms with van der Waals surface area (Å²) in [6.07, 6.45) is -0.0464. The van der Waals surface area contributed by atoms with Gasteiger partial charge in [0.05, 0.1) is 29.9 Å². The van der Waals surface area contributed by atoms with Crippen molar-refractivity contribution in [2.45, 2.75) is 39.8 Å². The fourth-order valence-corrected chi connectivity index (χ4v) is 4.44. The number of amides is 1. The van der Waals surface area contributed by atoms with Gasteiger partial charge >= 0.3 is 0 Å². The molecule has 1 heterocycles. The standard InChI is InChI=1S/C27H33ClN2O5/c1-6-29(7-2)13-14-30-24(18-9-8-10-20(15-18)35-17(3)4)23(26(32)27(30)33)25(31)21-16-19(34-5)11-12-22(21)28/h8-12,15-17,24,31H,6-7,13-14H2,1-5H3/b25-23+. The Morgan fingerprint density at radius 3 is 2.46 bits per heavy atom. The number of rotatable bonds is 10. The minimum absolute atomic E-state index is 0.00797. The van der Waals surface area contributed by atoms with Crippen molar-refractivity contribution in [3.8, 4) is 11.5 Å². The van der Waals surface area contributed by atoms with E-state index in [9.17, 15) is 14.7 Å². The number of aliphatic hydroxyl groups excluding tert-OH is 1. The van der Waals surface area contributed by atoms with Crippen LogP contribution in [0.1, 0.15) is 44.9 Å². The first-order valence-electron chi connectivity index (χ1n) is 11.8. The monoisotopic (exact) mass is 500 g/mol. The quantitative estimate of drug-likeness (QED) is 0.284. The van der Waals surface area contributed by atoms with Crippen molar-refractivity contribution < 1.29 is 24.2 Å². The van der Waals surface area contributed by atoms with Crippen LogP contribution in [0, 0.1) is 0 Å². The van der Waals surface area contributed by atoms with Crippen LogP contribution in [0.2, 0.25) is 5.02 Å². The van der Waals surface area contributed by atoms with Gasteiger partial charge in [0.15, 0.2) is 0 Å². The SMILES string of the molecule is CCN(CC)CCN1C(=O)C(=O)/C(=C(/O)c2cc(OC)ccc2Cl)C1c1cccc(OC(C)C)c1. The van der Waals surface area contributed by atoms with E-state index in [1.807, 2.05) is 45.9 Å². The highest BCUT2D eigenvalue weighted by Crippen LogP contribution is 2.41. The van der Waals surface area contributed by atoms with E-state index in [1.165, 1.54) is 12.0 Å². The summed E-state index contributed by atoms with van der Waals surface area (Å²) in [7, 11) is 1.50. The number of likely N-dealkylation sites (tertiary alicyclic amines) is 1. The first-order valence-corrected chi connectivity index (χ1v) is 12.2. The predicted octanol–water partition coefficient (Wildman–Crippen LogP) is 4.90. The summed E-state index contributed by atoms with van der Waals surface area (Å²) < 4.78 is 11.1. The van der Waals surface area contributed by atoms with Crippen LogP contribution in [0.25, 0.3) is 5.76 Å². The molecule has 0 radical (unpaired) electrons. The van der Waals surface area contributed by atoms with Crippen LogP contribution < -0.4 is 9.47 Å². The van der Waals surface area contributed by atoms with E-state index in [1.54, 1.807) is 24.3 Å². The average molecular weight is 501 g/mol. The Bertz CT molecular complexity index is 1110. The second kappa shape index (κ2) is 11.6. The number of ether oxygens (including phenoxy) is 2.